The Morgan fingerprint density at radius 3 is 3.12 bits per heavy atom. The number of likely N-dealkylation sites (tertiary alicyclic amines) is 1. The number of nitriles is 1. The van der Waals surface area contributed by atoms with Gasteiger partial charge in [-0.05, 0) is 25.3 Å². The molecule has 0 bridgehead atoms. The Kier molecular flexibility index (Phi) is 3.20. The topological polar surface area (TPSA) is 61.9 Å². The molecule has 5 heteroatoms. The van der Waals surface area contributed by atoms with Crippen molar-refractivity contribution in [1.82, 2.24) is 14.7 Å². The molecule has 1 aliphatic rings. The van der Waals surface area contributed by atoms with Crippen LogP contribution in [-0.2, 0) is 11.3 Å². The van der Waals surface area contributed by atoms with Crippen molar-refractivity contribution in [2.24, 2.45) is 0 Å². The summed E-state index contributed by atoms with van der Waals surface area (Å²) in [4.78, 5) is 13.6. The van der Waals surface area contributed by atoms with Crippen LogP contribution in [0, 0.1) is 11.3 Å². The highest BCUT2D eigenvalue weighted by atomic mass is 16.2. The lowest BCUT2D eigenvalue weighted by molar-refractivity contribution is -0.134. The molecule has 1 fully saturated rings. The van der Waals surface area contributed by atoms with Crippen LogP contribution in [0.2, 0.25) is 0 Å². The Labute approximate surface area is 94.3 Å². The summed E-state index contributed by atoms with van der Waals surface area (Å²) in [5, 5.41) is 13.0. The molecule has 0 radical (unpaired) electrons. The zero-order valence-corrected chi connectivity index (χ0v) is 9.04. The molecule has 1 amide bonds. The van der Waals surface area contributed by atoms with Crippen molar-refractivity contribution in [1.29, 1.82) is 5.26 Å². The molecule has 2 heterocycles. The maximum Gasteiger partial charge on any atom is 0.245 e. The molecule has 16 heavy (non-hydrogen) atoms. The molecule has 2 rings (SSSR count). The van der Waals surface area contributed by atoms with Crippen molar-refractivity contribution in [3.63, 3.8) is 0 Å². The third-order valence-corrected chi connectivity index (χ3v) is 2.83. The summed E-state index contributed by atoms with van der Waals surface area (Å²) in [5.41, 5.74) is 0. The molecule has 0 saturated carbocycles. The predicted octanol–water partition coefficient (Wildman–Crippen LogP) is 0.788. The van der Waals surface area contributed by atoms with E-state index < -0.39 is 0 Å². The lowest BCUT2D eigenvalue weighted by Crippen LogP contribution is -2.44. The van der Waals surface area contributed by atoms with E-state index in [4.69, 9.17) is 5.26 Å². The molecule has 1 aromatic heterocycles. The van der Waals surface area contributed by atoms with Gasteiger partial charge in [0, 0.05) is 18.9 Å². The second kappa shape index (κ2) is 4.79. The first-order valence-corrected chi connectivity index (χ1v) is 5.48. The van der Waals surface area contributed by atoms with Crippen LogP contribution in [-0.4, -0.2) is 33.2 Å². The van der Waals surface area contributed by atoms with E-state index in [0.717, 1.165) is 19.3 Å². The highest BCUT2D eigenvalue weighted by Crippen LogP contribution is 2.16. The lowest BCUT2D eigenvalue weighted by Gasteiger charge is -2.31. The fourth-order valence-electron chi connectivity index (χ4n) is 1.99. The summed E-state index contributed by atoms with van der Waals surface area (Å²) in [6.07, 6.45) is 6.21. The molecule has 1 aromatic rings. The number of amides is 1. The number of nitrogens with zero attached hydrogens (tertiary/aromatic N) is 4. The minimum absolute atomic E-state index is 0.0186. The molecule has 0 aliphatic carbocycles. The quantitative estimate of drug-likeness (QED) is 0.737. The summed E-state index contributed by atoms with van der Waals surface area (Å²) >= 11 is 0. The van der Waals surface area contributed by atoms with Gasteiger partial charge < -0.3 is 4.90 Å². The van der Waals surface area contributed by atoms with Crippen LogP contribution in [0.25, 0.3) is 0 Å². The summed E-state index contributed by atoms with van der Waals surface area (Å²) in [5.74, 6) is -0.0186. The van der Waals surface area contributed by atoms with E-state index in [1.807, 2.05) is 0 Å². The van der Waals surface area contributed by atoms with Gasteiger partial charge in [0.1, 0.15) is 12.6 Å². The minimum Gasteiger partial charge on any atom is -0.325 e. The van der Waals surface area contributed by atoms with E-state index in [-0.39, 0.29) is 18.5 Å². The first-order valence-electron chi connectivity index (χ1n) is 5.48. The first-order chi connectivity index (χ1) is 7.81. The SMILES string of the molecule is N#CC1CCCCN1C(=O)Cn1cccn1. The highest BCUT2D eigenvalue weighted by molar-refractivity contribution is 5.76. The third-order valence-electron chi connectivity index (χ3n) is 2.83. The van der Waals surface area contributed by atoms with E-state index in [1.54, 1.807) is 28.0 Å². The summed E-state index contributed by atoms with van der Waals surface area (Å²) in [7, 11) is 0. The van der Waals surface area contributed by atoms with Gasteiger partial charge in [-0.2, -0.15) is 10.4 Å². The maximum absolute atomic E-state index is 11.9. The maximum atomic E-state index is 11.9. The van der Waals surface area contributed by atoms with Gasteiger partial charge >= 0.3 is 0 Å². The van der Waals surface area contributed by atoms with Crippen LogP contribution in [0.15, 0.2) is 18.5 Å². The van der Waals surface area contributed by atoms with E-state index in [2.05, 4.69) is 11.2 Å². The van der Waals surface area contributed by atoms with Crippen molar-refractivity contribution in [2.45, 2.75) is 31.8 Å². The van der Waals surface area contributed by atoms with Gasteiger partial charge in [0.2, 0.25) is 5.91 Å². The van der Waals surface area contributed by atoms with Gasteiger partial charge in [-0.15, -0.1) is 0 Å². The summed E-state index contributed by atoms with van der Waals surface area (Å²) in [6.45, 7) is 0.920. The van der Waals surface area contributed by atoms with E-state index in [9.17, 15) is 4.79 Å². The standard InChI is InChI=1S/C11H14N4O/c12-8-10-4-1-2-7-15(10)11(16)9-14-6-3-5-13-14/h3,5-6,10H,1-2,4,7,9H2. The van der Waals surface area contributed by atoms with E-state index in [1.165, 1.54) is 0 Å². The Morgan fingerprint density at radius 1 is 1.56 bits per heavy atom. The van der Waals surface area contributed by atoms with Gasteiger partial charge in [0.05, 0.1) is 6.07 Å². The number of carbonyl (C=O) groups is 1. The number of aromatic nitrogens is 2. The number of hydrogen-bond donors (Lipinski definition) is 0. The Morgan fingerprint density at radius 2 is 2.44 bits per heavy atom. The van der Waals surface area contributed by atoms with E-state index in [0.29, 0.717) is 6.54 Å². The molecular formula is C11H14N4O. The monoisotopic (exact) mass is 218 g/mol. The van der Waals surface area contributed by atoms with Crippen molar-refractivity contribution in [3.05, 3.63) is 18.5 Å². The summed E-state index contributed by atoms with van der Waals surface area (Å²) < 4.78 is 1.59. The van der Waals surface area contributed by atoms with Gasteiger partial charge in [-0.25, -0.2) is 0 Å². The first kappa shape index (κ1) is 10.7. The second-order valence-corrected chi connectivity index (χ2v) is 3.93. The molecule has 1 aliphatic heterocycles. The van der Waals surface area contributed by atoms with Crippen molar-refractivity contribution in [3.8, 4) is 6.07 Å². The number of piperidine rings is 1. The molecule has 0 aromatic carbocycles. The molecule has 84 valence electrons. The number of carbonyl (C=O) groups excluding carboxylic acids is 1. The van der Waals surface area contributed by atoms with E-state index >= 15 is 0 Å². The average molecular weight is 218 g/mol. The number of hydrogen-bond acceptors (Lipinski definition) is 3. The smallest absolute Gasteiger partial charge is 0.245 e. The fraction of sp³-hybridized carbons (Fsp3) is 0.545. The molecule has 1 unspecified atom stereocenters. The molecule has 5 nitrogen and oxygen atoms in total. The predicted molar refractivity (Wildman–Crippen MR) is 57.2 cm³/mol. The van der Waals surface area contributed by atoms with Crippen LogP contribution in [0.5, 0.6) is 0 Å². The molecule has 0 spiro atoms. The Hall–Kier alpha value is -1.83. The molecule has 1 saturated heterocycles. The Bertz CT molecular complexity index is 393. The molecule has 0 N–H and O–H groups in total. The van der Waals surface area contributed by atoms with Crippen molar-refractivity contribution >= 4 is 5.91 Å². The second-order valence-electron chi connectivity index (χ2n) is 3.93. The van der Waals surface area contributed by atoms with Gasteiger partial charge in [-0.3, -0.25) is 9.48 Å². The fourth-order valence-corrected chi connectivity index (χ4v) is 1.99. The average Bonchev–Trinajstić information content (AvgIpc) is 2.81. The highest BCUT2D eigenvalue weighted by Gasteiger charge is 2.26. The zero-order chi connectivity index (χ0) is 11.4. The van der Waals surface area contributed by atoms with Crippen molar-refractivity contribution in [2.75, 3.05) is 6.54 Å². The van der Waals surface area contributed by atoms with Crippen LogP contribution in [0.4, 0.5) is 0 Å². The largest absolute Gasteiger partial charge is 0.325 e. The molecule has 1 atom stereocenters. The Balaban J connectivity index is 2.00. The van der Waals surface area contributed by atoms with Gasteiger partial charge in [0.15, 0.2) is 0 Å². The number of rotatable bonds is 2. The lowest BCUT2D eigenvalue weighted by atomic mass is 10.0. The van der Waals surface area contributed by atoms with Crippen LogP contribution in [0.1, 0.15) is 19.3 Å². The van der Waals surface area contributed by atoms with Gasteiger partial charge in [0.25, 0.3) is 0 Å². The normalized spacial score (nSPS) is 20.4. The summed E-state index contributed by atoms with van der Waals surface area (Å²) in [6, 6.07) is 3.72. The third kappa shape index (κ3) is 2.22. The molecular weight excluding hydrogens is 204 g/mol. The van der Waals surface area contributed by atoms with Crippen LogP contribution < -0.4 is 0 Å². The zero-order valence-electron chi connectivity index (χ0n) is 9.04. The van der Waals surface area contributed by atoms with Gasteiger partial charge in [-0.1, -0.05) is 0 Å². The van der Waals surface area contributed by atoms with Crippen LogP contribution in [0.3, 0.4) is 0 Å². The van der Waals surface area contributed by atoms with Crippen LogP contribution >= 0.6 is 0 Å². The van der Waals surface area contributed by atoms with Crippen molar-refractivity contribution < 1.29 is 4.79 Å². The minimum atomic E-state index is -0.253.